The number of hydrogen-bond acceptors (Lipinski definition) is 4. The second-order valence-corrected chi connectivity index (χ2v) is 5.15. The molecule has 1 atom stereocenters. The van der Waals surface area contributed by atoms with E-state index < -0.39 is 0 Å². The molecule has 0 spiro atoms. The van der Waals surface area contributed by atoms with Crippen LogP contribution in [0.15, 0.2) is 12.3 Å². The summed E-state index contributed by atoms with van der Waals surface area (Å²) in [5.41, 5.74) is 7.84. The fraction of sp³-hybridized carbons (Fsp3) is 0.538. The molecule has 2 aliphatic heterocycles. The number of nitrogen functional groups attached to an aromatic ring is 1. The van der Waals surface area contributed by atoms with Gasteiger partial charge in [0.25, 0.3) is 0 Å². The van der Waals surface area contributed by atoms with Crippen LogP contribution in [0.25, 0.3) is 0 Å². The van der Waals surface area contributed by atoms with Crippen molar-refractivity contribution < 1.29 is 4.79 Å². The van der Waals surface area contributed by atoms with Crippen LogP contribution in [0.1, 0.15) is 18.4 Å². The molecule has 2 N–H and O–H groups in total. The summed E-state index contributed by atoms with van der Waals surface area (Å²) in [5, 5.41) is 0. The zero-order chi connectivity index (χ0) is 12.7. The van der Waals surface area contributed by atoms with Gasteiger partial charge in [0.2, 0.25) is 5.91 Å². The molecule has 2 fully saturated rings. The lowest BCUT2D eigenvalue weighted by Crippen LogP contribution is -2.51. The predicted octanol–water partition coefficient (Wildman–Crippen LogP) is 0.783. The van der Waals surface area contributed by atoms with Gasteiger partial charge in [-0.15, -0.1) is 0 Å². The quantitative estimate of drug-likeness (QED) is 0.795. The molecule has 0 aromatic carbocycles. The highest BCUT2D eigenvalue weighted by molar-refractivity contribution is 5.79. The number of carbonyl (C=O) groups is 1. The number of fused-ring (bicyclic) bond motifs is 1. The average Bonchev–Trinajstić information content (AvgIpc) is 2.71. The highest BCUT2D eigenvalue weighted by Gasteiger charge is 2.36. The van der Waals surface area contributed by atoms with Gasteiger partial charge in [-0.05, 0) is 25.0 Å². The molecule has 2 saturated heterocycles. The van der Waals surface area contributed by atoms with Crippen molar-refractivity contribution in [2.75, 3.05) is 30.3 Å². The molecule has 1 unspecified atom stereocenters. The number of hydrogen-bond donors (Lipinski definition) is 1. The van der Waals surface area contributed by atoms with Crippen LogP contribution in [0.3, 0.4) is 0 Å². The molecule has 1 aromatic heterocycles. The minimum Gasteiger partial charge on any atom is -0.396 e. The molecule has 0 bridgehead atoms. The normalized spacial score (nSPS) is 23.4. The van der Waals surface area contributed by atoms with Gasteiger partial charge in [-0.25, -0.2) is 4.98 Å². The molecule has 0 aliphatic carbocycles. The Hall–Kier alpha value is -1.78. The van der Waals surface area contributed by atoms with E-state index in [4.69, 9.17) is 5.73 Å². The number of rotatable bonds is 1. The first-order valence-corrected chi connectivity index (χ1v) is 6.41. The molecular weight excluding hydrogens is 228 g/mol. The number of pyridine rings is 1. The van der Waals surface area contributed by atoms with Crippen molar-refractivity contribution in [3.8, 4) is 0 Å². The van der Waals surface area contributed by atoms with Crippen LogP contribution >= 0.6 is 0 Å². The molecule has 2 aliphatic rings. The van der Waals surface area contributed by atoms with E-state index >= 15 is 0 Å². The minimum absolute atomic E-state index is 0.296. The van der Waals surface area contributed by atoms with Crippen LogP contribution < -0.4 is 10.6 Å². The maximum Gasteiger partial charge on any atom is 0.223 e. The van der Waals surface area contributed by atoms with Gasteiger partial charge in [0.15, 0.2) is 5.82 Å². The topological polar surface area (TPSA) is 62.5 Å². The Morgan fingerprint density at radius 1 is 1.44 bits per heavy atom. The van der Waals surface area contributed by atoms with Crippen molar-refractivity contribution in [2.24, 2.45) is 0 Å². The van der Waals surface area contributed by atoms with Gasteiger partial charge in [-0.3, -0.25) is 4.79 Å². The Morgan fingerprint density at radius 3 is 3.06 bits per heavy atom. The van der Waals surface area contributed by atoms with E-state index in [0.29, 0.717) is 18.4 Å². The van der Waals surface area contributed by atoms with E-state index in [1.807, 2.05) is 24.1 Å². The lowest BCUT2D eigenvalue weighted by atomic mass is 10.1. The first kappa shape index (κ1) is 11.3. The van der Waals surface area contributed by atoms with E-state index in [1.54, 1.807) is 0 Å². The summed E-state index contributed by atoms with van der Waals surface area (Å²) in [6.45, 7) is 4.45. The average molecular weight is 246 g/mol. The third kappa shape index (κ3) is 1.79. The minimum atomic E-state index is 0.296. The summed E-state index contributed by atoms with van der Waals surface area (Å²) in [6.07, 6.45) is 3.49. The highest BCUT2D eigenvalue weighted by atomic mass is 16.2. The van der Waals surface area contributed by atoms with Crippen molar-refractivity contribution >= 4 is 17.4 Å². The molecule has 5 nitrogen and oxygen atoms in total. The predicted molar refractivity (Wildman–Crippen MR) is 70.3 cm³/mol. The molecule has 0 radical (unpaired) electrons. The number of piperazine rings is 1. The van der Waals surface area contributed by atoms with Gasteiger partial charge >= 0.3 is 0 Å². The molecule has 1 amide bonds. The third-order valence-electron chi connectivity index (χ3n) is 3.83. The van der Waals surface area contributed by atoms with Crippen molar-refractivity contribution in [1.29, 1.82) is 0 Å². The van der Waals surface area contributed by atoms with Crippen LogP contribution in [0.5, 0.6) is 0 Å². The van der Waals surface area contributed by atoms with Crippen LogP contribution in [-0.4, -0.2) is 41.5 Å². The summed E-state index contributed by atoms with van der Waals surface area (Å²) < 4.78 is 0. The number of aryl methyl sites for hydroxylation is 1. The van der Waals surface area contributed by atoms with E-state index in [-0.39, 0.29) is 0 Å². The number of carbonyl (C=O) groups excluding carboxylic acids is 1. The SMILES string of the molecule is Cc1cnc(N2CCN3C(=O)CCC3C2)c(N)c1. The number of nitrogens with two attached hydrogens (primary N) is 1. The van der Waals surface area contributed by atoms with E-state index in [9.17, 15) is 4.79 Å². The summed E-state index contributed by atoms with van der Waals surface area (Å²) >= 11 is 0. The molecule has 3 heterocycles. The lowest BCUT2D eigenvalue weighted by molar-refractivity contribution is -0.129. The summed E-state index contributed by atoms with van der Waals surface area (Å²) in [6, 6.07) is 2.29. The zero-order valence-electron chi connectivity index (χ0n) is 10.6. The van der Waals surface area contributed by atoms with Gasteiger partial charge in [-0.2, -0.15) is 0 Å². The number of amides is 1. The molecular formula is C13H18N4O. The maximum absolute atomic E-state index is 11.6. The molecule has 18 heavy (non-hydrogen) atoms. The fourth-order valence-electron chi connectivity index (χ4n) is 2.91. The number of aromatic nitrogens is 1. The molecule has 5 heteroatoms. The fourth-order valence-corrected chi connectivity index (χ4v) is 2.91. The third-order valence-corrected chi connectivity index (χ3v) is 3.83. The summed E-state index contributed by atoms with van der Waals surface area (Å²) in [4.78, 5) is 20.3. The Bertz CT molecular complexity index is 488. The highest BCUT2D eigenvalue weighted by Crippen LogP contribution is 2.28. The maximum atomic E-state index is 11.6. The summed E-state index contributed by atoms with van der Waals surface area (Å²) in [7, 11) is 0. The van der Waals surface area contributed by atoms with Crippen LogP contribution in [-0.2, 0) is 4.79 Å². The lowest BCUT2D eigenvalue weighted by Gasteiger charge is -2.38. The van der Waals surface area contributed by atoms with E-state index in [1.165, 1.54) is 0 Å². The Balaban J connectivity index is 1.80. The molecule has 1 aromatic rings. The first-order chi connectivity index (χ1) is 8.65. The second kappa shape index (κ2) is 4.15. The van der Waals surface area contributed by atoms with Crippen LogP contribution in [0.2, 0.25) is 0 Å². The van der Waals surface area contributed by atoms with E-state index in [0.717, 1.165) is 43.1 Å². The Labute approximate surface area is 107 Å². The summed E-state index contributed by atoms with van der Waals surface area (Å²) in [5.74, 6) is 1.16. The standard InChI is InChI=1S/C13H18N4O/c1-9-6-11(14)13(15-7-9)16-4-5-17-10(8-16)2-3-12(17)18/h6-7,10H,2-5,8,14H2,1H3. The van der Waals surface area contributed by atoms with Crippen molar-refractivity contribution in [3.63, 3.8) is 0 Å². The molecule has 96 valence electrons. The van der Waals surface area contributed by atoms with Gasteiger partial charge < -0.3 is 15.5 Å². The largest absolute Gasteiger partial charge is 0.396 e. The zero-order valence-corrected chi connectivity index (χ0v) is 10.6. The van der Waals surface area contributed by atoms with Crippen molar-refractivity contribution in [1.82, 2.24) is 9.88 Å². The van der Waals surface area contributed by atoms with Gasteiger partial charge in [-0.1, -0.05) is 0 Å². The Morgan fingerprint density at radius 2 is 2.28 bits per heavy atom. The van der Waals surface area contributed by atoms with Gasteiger partial charge in [0.1, 0.15) is 0 Å². The first-order valence-electron chi connectivity index (χ1n) is 6.41. The van der Waals surface area contributed by atoms with Gasteiger partial charge in [0.05, 0.1) is 5.69 Å². The Kier molecular flexibility index (Phi) is 2.61. The number of anilines is 2. The van der Waals surface area contributed by atoms with E-state index in [2.05, 4.69) is 9.88 Å². The monoisotopic (exact) mass is 246 g/mol. The number of nitrogens with zero attached hydrogens (tertiary/aromatic N) is 3. The van der Waals surface area contributed by atoms with Gasteiger partial charge in [0, 0.05) is 38.3 Å². The van der Waals surface area contributed by atoms with Crippen molar-refractivity contribution in [2.45, 2.75) is 25.8 Å². The molecule has 3 rings (SSSR count). The van der Waals surface area contributed by atoms with Crippen LogP contribution in [0, 0.1) is 6.92 Å². The second-order valence-electron chi connectivity index (χ2n) is 5.15. The molecule has 0 saturated carbocycles. The van der Waals surface area contributed by atoms with Crippen molar-refractivity contribution in [3.05, 3.63) is 17.8 Å². The van der Waals surface area contributed by atoms with Crippen LogP contribution in [0.4, 0.5) is 11.5 Å². The smallest absolute Gasteiger partial charge is 0.223 e.